The van der Waals surface area contributed by atoms with Gasteiger partial charge < -0.3 is 9.64 Å². The van der Waals surface area contributed by atoms with Crippen LogP contribution in [0.4, 0.5) is 0 Å². The van der Waals surface area contributed by atoms with E-state index >= 15 is 0 Å². The van der Waals surface area contributed by atoms with E-state index in [2.05, 4.69) is 0 Å². The Balaban J connectivity index is 2.59. The van der Waals surface area contributed by atoms with E-state index in [1.165, 1.54) is 0 Å². The highest BCUT2D eigenvalue weighted by Gasteiger charge is 2.11. The largest absolute Gasteiger partial charge is 0.383 e. The molecule has 1 aromatic carbocycles. The number of carbonyl (C=O) groups is 1. The van der Waals surface area contributed by atoms with Gasteiger partial charge in [0.2, 0.25) is 5.91 Å². The van der Waals surface area contributed by atoms with Crippen LogP contribution in [0.2, 0.25) is 0 Å². The number of rotatable bonds is 6. The molecule has 0 aliphatic heterocycles. The zero-order valence-corrected chi connectivity index (χ0v) is 10.1. The summed E-state index contributed by atoms with van der Waals surface area (Å²) in [6.45, 7) is 1.67. The number of alkyl halides is 1. The molecule has 0 N–H and O–H groups in total. The van der Waals surface area contributed by atoms with E-state index in [9.17, 15) is 4.79 Å². The number of benzene rings is 1. The molecule has 0 bridgehead atoms. The molecule has 0 saturated heterocycles. The number of hydrogen-bond acceptors (Lipinski definition) is 2. The van der Waals surface area contributed by atoms with Crippen LogP contribution in [-0.2, 0) is 16.1 Å². The monoisotopic (exact) mass is 241 g/mol. The van der Waals surface area contributed by atoms with Crippen molar-refractivity contribution in [2.75, 3.05) is 26.1 Å². The molecule has 0 atom stereocenters. The maximum Gasteiger partial charge on any atom is 0.237 e. The molecule has 0 aliphatic carbocycles. The summed E-state index contributed by atoms with van der Waals surface area (Å²) in [5.41, 5.74) is 1.09. The number of carbonyl (C=O) groups excluding carboxylic acids is 1. The van der Waals surface area contributed by atoms with Gasteiger partial charge in [0.15, 0.2) is 0 Å². The minimum atomic E-state index is -0.0671. The average molecular weight is 242 g/mol. The van der Waals surface area contributed by atoms with E-state index in [0.717, 1.165) is 5.56 Å². The number of nitrogens with zero attached hydrogens (tertiary/aromatic N) is 1. The van der Waals surface area contributed by atoms with Crippen LogP contribution >= 0.6 is 11.6 Å². The number of halogens is 1. The van der Waals surface area contributed by atoms with Crippen molar-refractivity contribution in [3.8, 4) is 0 Å². The van der Waals surface area contributed by atoms with Crippen molar-refractivity contribution in [3.63, 3.8) is 0 Å². The van der Waals surface area contributed by atoms with Crippen molar-refractivity contribution >= 4 is 17.5 Å². The van der Waals surface area contributed by atoms with Crippen LogP contribution < -0.4 is 0 Å². The first-order valence-electron chi connectivity index (χ1n) is 5.14. The third-order valence-electron chi connectivity index (χ3n) is 2.25. The molecule has 16 heavy (non-hydrogen) atoms. The van der Waals surface area contributed by atoms with Crippen molar-refractivity contribution in [2.24, 2.45) is 0 Å². The normalized spacial score (nSPS) is 10.1. The van der Waals surface area contributed by atoms with Gasteiger partial charge in [-0.15, -0.1) is 11.6 Å². The first-order chi connectivity index (χ1) is 7.77. The lowest BCUT2D eigenvalue weighted by atomic mass is 10.2. The maximum absolute atomic E-state index is 11.6. The maximum atomic E-state index is 11.6. The highest BCUT2D eigenvalue weighted by atomic mass is 35.5. The summed E-state index contributed by atoms with van der Waals surface area (Å²) < 4.78 is 4.97. The minimum absolute atomic E-state index is 0.0105. The molecule has 0 radical (unpaired) electrons. The Hall–Kier alpha value is -1.06. The number of amides is 1. The van der Waals surface area contributed by atoms with Crippen LogP contribution in [0.25, 0.3) is 0 Å². The molecule has 88 valence electrons. The van der Waals surface area contributed by atoms with Crippen LogP contribution in [0.15, 0.2) is 30.3 Å². The second kappa shape index (κ2) is 7.25. The molecule has 0 spiro atoms. The molecule has 0 fully saturated rings. The van der Waals surface area contributed by atoms with E-state index < -0.39 is 0 Å². The van der Waals surface area contributed by atoms with Gasteiger partial charge in [0.25, 0.3) is 0 Å². The fraction of sp³-hybridized carbons (Fsp3) is 0.417. The molecule has 1 aromatic rings. The van der Waals surface area contributed by atoms with E-state index in [0.29, 0.717) is 19.7 Å². The van der Waals surface area contributed by atoms with E-state index in [1.807, 2.05) is 30.3 Å². The molecule has 4 heteroatoms. The first-order valence-corrected chi connectivity index (χ1v) is 5.68. The van der Waals surface area contributed by atoms with Crippen LogP contribution in [0.3, 0.4) is 0 Å². The predicted molar refractivity (Wildman–Crippen MR) is 64.5 cm³/mol. The summed E-state index contributed by atoms with van der Waals surface area (Å²) in [6.07, 6.45) is 0. The molecular weight excluding hydrogens is 226 g/mol. The number of methoxy groups -OCH3 is 1. The molecule has 0 unspecified atom stereocenters. The second-order valence-corrected chi connectivity index (χ2v) is 3.69. The van der Waals surface area contributed by atoms with Crippen LogP contribution in [-0.4, -0.2) is 36.9 Å². The van der Waals surface area contributed by atoms with Crippen LogP contribution in [0, 0.1) is 0 Å². The topological polar surface area (TPSA) is 29.5 Å². The first kappa shape index (κ1) is 13.0. The molecule has 1 rings (SSSR count). The Morgan fingerprint density at radius 2 is 2.06 bits per heavy atom. The Kier molecular flexibility index (Phi) is 5.90. The summed E-state index contributed by atoms with van der Waals surface area (Å²) >= 11 is 5.56. The SMILES string of the molecule is COCCN(Cc1ccccc1)C(=O)CCl. The van der Waals surface area contributed by atoms with Crippen molar-refractivity contribution in [2.45, 2.75) is 6.54 Å². The van der Waals surface area contributed by atoms with Crippen molar-refractivity contribution in [1.82, 2.24) is 4.90 Å². The highest BCUT2D eigenvalue weighted by molar-refractivity contribution is 6.27. The van der Waals surface area contributed by atoms with Gasteiger partial charge in [-0.3, -0.25) is 4.79 Å². The Morgan fingerprint density at radius 3 is 2.62 bits per heavy atom. The van der Waals surface area contributed by atoms with Gasteiger partial charge in [0.1, 0.15) is 5.88 Å². The molecule has 0 heterocycles. The molecule has 0 aromatic heterocycles. The van der Waals surface area contributed by atoms with E-state index in [1.54, 1.807) is 12.0 Å². The Morgan fingerprint density at radius 1 is 1.38 bits per heavy atom. The van der Waals surface area contributed by atoms with Crippen molar-refractivity contribution in [1.29, 1.82) is 0 Å². The van der Waals surface area contributed by atoms with E-state index in [4.69, 9.17) is 16.3 Å². The lowest BCUT2D eigenvalue weighted by Gasteiger charge is -2.21. The van der Waals surface area contributed by atoms with Crippen LogP contribution in [0.1, 0.15) is 5.56 Å². The smallest absolute Gasteiger partial charge is 0.237 e. The fourth-order valence-electron chi connectivity index (χ4n) is 1.38. The Bertz CT molecular complexity index is 316. The van der Waals surface area contributed by atoms with Crippen molar-refractivity contribution < 1.29 is 9.53 Å². The van der Waals surface area contributed by atoms with Gasteiger partial charge in [-0.2, -0.15) is 0 Å². The summed E-state index contributed by atoms with van der Waals surface area (Å²) in [7, 11) is 1.62. The van der Waals surface area contributed by atoms with Gasteiger partial charge in [-0.25, -0.2) is 0 Å². The summed E-state index contributed by atoms with van der Waals surface area (Å²) in [6, 6.07) is 9.83. The van der Waals surface area contributed by atoms with Gasteiger partial charge in [0.05, 0.1) is 6.61 Å². The van der Waals surface area contributed by atoms with Gasteiger partial charge in [-0.05, 0) is 5.56 Å². The third kappa shape index (κ3) is 4.21. The molecule has 3 nitrogen and oxygen atoms in total. The quantitative estimate of drug-likeness (QED) is 0.712. The third-order valence-corrected chi connectivity index (χ3v) is 2.48. The van der Waals surface area contributed by atoms with E-state index in [-0.39, 0.29) is 11.8 Å². The molecule has 0 aliphatic rings. The van der Waals surface area contributed by atoms with Gasteiger partial charge in [0, 0.05) is 20.2 Å². The number of ether oxygens (including phenoxy) is 1. The number of hydrogen-bond donors (Lipinski definition) is 0. The average Bonchev–Trinajstić information content (AvgIpc) is 2.34. The lowest BCUT2D eigenvalue weighted by Crippen LogP contribution is -2.34. The summed E-state index contributed by atoms with van der Waals surface area (Å²) in [5, 5.41) is 0. The van der Waals surface area contributed by atoms with Crippen molar-refractivity contribution in [3.05, 3.63) is 35.9 Å². The standard InChI is InChI=1S/C12H16ClNO2/c1-16-8-7-14(12(15)9-13)10-11-5-3-2-4-6-11/h2-6H,7-10H2,1H3. The Labute approximate surface area is 101 Å². The summed E-state index contributed by atoms with van der Waals surface area (Å²) in [5.74, 6) is -0.0566. The molecule has 0 saturated carbocycles. The highest BCUT2D eigenvalue weighted by Crippen LogP contribution is 2.05. The molecular formula is C12H16ClNO2. The lowest BCUT2D eigenvalue weighted by molar-refractivity contribution is -0.129. The zero-order chi connectivity index (χ0) is 11.8. The summed E-state index contributed by atoms with van der Waals surface area (Å²) in [4.78, 5) is 13.3. The molecule has 1 amide bonds. The van der Waals surface area contributed by atoms with Gasteiger partial charge >= 0.3 is 0 Å². The fourth-order valence-corrected chi connectivity index (χ4v) is 1.55. The predicted octanol–water partition coefficient (Wildman–Crippen LogP) is 1.90. The van der Waals surface area contributed by atoms with Gasteiger partial charge in [-0.1, -0.05) is 30.3 Å². The second-order valence-electron chi connectivity index (χ2n) is 3.43. The van der Waals surface area contributed by atoms with Crippen LogP contribution in [0.5, 0.6) is 0 Å². The zero-order valence-electron chi connectivity index (χ0n) is 9.36. The minimum Gasteiger partial charge on any atom is -0.383 e.